The summed E-state index contributed by atoms with van der Waals surface area (Å²) in [5.41, 5.74) is 3.50. The molecule has 0 spiro atoms. The summed E-state index contributed by atoms with van der Waals surface area (Å²) in [6.45, 7) is 3.97. The van der Waals surface area contributed by atoms with Crippen LogP contribution in [0.1, 0.15) is 26.3 Å². The molecule has 3 rings (SSSR count). The normalized spacial score (nSPS) is 12.3. The summed E-state index contributed by atoms with van der Waals surface area (Å²) in [6, 6.07) is 21.0. The summed E-state index contributed by atoms with van der Waals surface area (Å²) in [6.07, 6.45) is 0.895. The second-order valence-corrected chi connectivity index (χ2v) is 5.69. The average Bonchev–Trinajstić information content (AvgIpc) is 2.96. The van der Waals surface area contributed by atoms with E-state index < -0.39 is 0 Å². The van der Waals surface area contributed by atoms with Crippen LogP contribution in [0, 0.1) is 0 Å². The highest BCUT2D eigenvalue weighted by molar-refractivity contribution is 5.87. The number of benzene rings is 2. The molecule has 1 unspecified atom stereocenters. The third kappa shape index (κ3) is 3.14. The molecule has 118 valence electrons. The van der Waals surface area contributed by atoms with Crippen molar-refractivity contribution >= 4 is 16.9 Å². The lowest BCUT2D eigenvalue weighted by molar-refractivity contribution is -0.142. The van der Waals surface area contributed by atoms with Gasteiger partial charge in [-0.05, 0) is 24.1 Å². The molecule has 0 fully saturated rings. The van der Waals surface area contributed by atoms with Gasteiger partial charge in [-0.25, -0.2) is 0 Å². The molecule has 0 amide bonds. The Hall–Kier alpha value is -2.55. The highest BCUT2D eigenvalue weighted by Crippen LogP contribution is 2.32. The van der Waals surface area contributed by atoms with E-state index in [1.165, 1.54) is 23.4 Å². The molecule has 0 aliphatic carbocycles. The van der Waals surface area contributed by atoms with Gasteiger partial charge >= 0.3 is 5.97 Å². The van der Waals surface area contributed by atoms with Gasteiger partial charge < -0.3 is 9.30 Å². The zero-order valence-electron chi connectivity index (χ0n) is 13.5. The number of hydrogen-bond acceptors (Lipinski definition) is 2. The van der Waals surface area contributed by atoms with Gasteiger partial charge in [-0.3, -0.25) is 4.79 Å². The lowest BCUT2D eigenvalue weighted by Gasteiger charge is -2.21. The number of ether oxygens (including phenoxy) is 1. The van der Waals surface area contributed by atoms with Gasteiger partial charge in [-0.2, -0.15) is 0 Å². The van der Waals surface area contributed by atoms with Gasteiger partial charge in [0.2, 0.25) is 0 Å². The van der Waals surface area contributed by atoms with Gasteiger partial charge in [0.25, 0.3) is 0 Å². The summed E-state index contributed by atoms with van der Waals surface area (Å²) in [5.74, 6) is -0.235. The Balaban J connectivity index is 2.14. The first-order valence-electron chi connectivity index (χ1n) is 7.99. The molecule has 1 aromatic heterocycles. The Labute approximate surface area is 136 Å². The minimum absolute atomic E-state index is 0.119. The fourth-order valence-electron chi connectivity index (χ4n) is 2.99. The molecular weight excluding hydrogens is 286 g/mol. The van der Waals surface area contributed by atoms with Crippen molar-refractivity contribution in [2.45, 2.75) is 26.3 Å². The summed E-state index contributed by atoms with van der Waals surface area (Å²) in [5, 5.41) is 1.20. The summed E-state index contributed by atoms with van der Waals surface area (Å²) in [4.78, 5) is 11.2. The fourth-order valence-corrected chi connectivity index (χ4v) is 2.99. The Morgan fingerprint density at radius 1 is 1.09 bits per heavy atom. The van der Waals surface area contributed by atoms with Gasteiger partial charge in [0, 0.05) is 23.5 Å². The van der Waals surface area contributed by atoms with Crippen molar-refractivity contribution in [3.63, 3.8) is 0 Å². The number of nitrogens with zero attached hydrogens (tertiary/aromatic N) is 1. The van der Waals surface area contributed by atoms with E-state index in [4.69, 9.17) is 4.74 Å². The minimum atomic E-state index is -0.235. The van der Waals surface area contributed by atoms with Crippen molar-refractivity contribution < 1.29 is 9.53 Å². The van der Waals surface area contributed by atoms with Crippen LogP contribution in [0.2, 0.25) is 0 Å². The maximum Gasteiger partial charge on any atom is 0.302 e. The average molecular weight is 307 g/mol. The van der Waals surface area contributed by atoms with Crippen LogP contribution in [0.5, 0.6) is 0 Å². The lowest BCUT2D eigenvalue weighted by atomic mass is 10.1. The highest BCUT2D eigenvalue weighted by Gasteiger charge is 2.18. The molecule has 3 nitrogen and oxygen atoms in total. The van der Waals surface area contributed by atoms with Crippen molar-refractivity contribution in [1.29, 1.82) is 0 Å². The predicted octanol–water partition coefficient (Wildman–Crippen LogP) is 4.82. The summed E-state index contributed by atoms with van der Waals surface area (Å²) in [7, 11) is 0. The molecule has 1 heterocycles. The number of rotatable bonds is 5. The molecule has 3 heteroatoms. The van der Waals surface area contributed by atoms with Gasteiger partial charge in [-0.15, -0.1) is 0 Å². The van der Waals surface area contributed by atoms with Gasteiger partial charge in [0.15, 0.2) is 0 Å². The molecular formula is C20H21NO2. The molecule has 0 bridgehead atoms. The van der Waals surface area contributed by atoms with E-state index in [0.29, 0.717) is 6.61 Å². The molecule has 0 radical (unpaired) electrons. The van der Waals surface area contributed by atoms with Crippen LogP contribution in [0.4, 0.5) is 0 Å². The molecule has 0 aliphatic heterocycles. The Morgan fingerprint density at radius 2 is 1.78 bits per heavy atom. The monoisotopic (exact) mass is 307 g/mol. The number of aromatic nitrogens is 1. The van der Waals surface area contributed by atoms with E-state index in [-0.39, 0.29) is 12.0 Å². The minimum Gasteiger partial charge on any atom is -0.464 e. The maximum absolute atomic E-state index is 11.2. The third-order valence-corrected chi connectivity index (χ3v) is 4.13. The SMILES string of the molecule is CCC(COC(C)=O)n1c(-c2ccccc2)cc2ccccc21. The number of para-hydroxylation sites is 1. The van der Waals surface area contributed by atoms with E-state index in [9.17, 15) is 4.79 Å². The molecule has 0 N–H and O–H groups in total. The first-order valence-corrected chi connectivity index (χ1v) is 7.99. The molecule has 0 saturated heterocycles. The van der Waals surface area contributed by atoms with Crippen molar-refractivity contribution in [2.75, 3.05) is 6.61 Å². The van der Waals surface area contributed by atoms with Crippen LogP contribution >= 0.6 is 0 Å². The summed E-state index contributed by atoms with van der Waals surface area (Å²) >= 11 is 0. The zero-order chi connectivity index (χ0) is 16.2. The van der Waals surface area contributed by atoms with Crippen LogP contribution in [0.15, 0.2) is 60.7 Å². The smallest absolute Gasteiger partial charge is 0.302 e. The Morgan fingerprint density at radius 3 is 2.48 bits per heavy atom. The van der Waals surface area contributed by atoms with Crippen LogP contribution < -0.4 is 0 Å². The quantitative estimate of drug-likeness (QED) is 0.633. The number of carbonyl (C=O) groups is 1. The highest BCUT2D eigenvalue weighted by atomic mass is 16.5. The van der Waals surface area contributed by atoms with E-state index in [2.05, 4.69) is 47.9 Å². The van der Waals surface area contributed by atoms with Crippen LogP contribution in [-0.4, -0.2) is 17.1 Å². The first-order chi connectivity index (χ1) is 11.2. The topological polar surface area (TPSA) is 31.2 Å². The predicted molar refractivity (Wildman–Crippen MR) is 93.3 cm³/mol. The van der Waals surface area contributed by atoms with Crippen molar-refractivity contribution in [3.8, 4) is 11.3 Å². The molecule has 1 atom stereocenters. The standard InChI is InChI=1S/C20H21NO2/c1-3-18(14-23-15(2)22)21-19-12-8-7-11-17(19)13-20(21)16-9-5-4-6-10-16/h4-13,18H,3,14H2,1-2H3. The van der Waals surface area contributed by atoms with Crippen molar-refractivity contribution in [3.05, 3.63) is 60.7 Å². The molecule has 3 aromatic rings. The number of esters is 1. The second kappa shape index (κ2) is 6.69. The van der Waals surface area contributed by atoms with Gasteiger partial charge in [0.1, 0.15) is 6.61 Å². The summed E-state index contributed by atoms with van der Waals surface area (Å²) < 4.78 is 7.60. The van der Waals surface area contributed by atoms with E-state index in [1.54, 1.807) is 0 Å². The molecule has 0 aliphatic rings. The fraction of sp³-hybridized carbons (Fsp3) is 0.250. The van der Waals surface area contributed by atoms with Crippen LogP contribution in [0.3, 0.4) is 0 Å². The van der Waals surface area contributed by atoms with E-state index in [1.807, 2.05) is 24.3 Å². The van der Waals surface area contributed by atoms with Crippen molar-refractivity contribution in [2.24, 2.45) is 0 Å². The lowest BCUT2D eigenvalue weighted by Crippen LogP contribution is -2.17. The third-order valence-electron chi connectivity index (χ3n) is 4.13. The Kier molecular flexibility index (Phi) is 4.47. The molecule has 2 aromatic carbocycles. The van der Waals surface area contributed by atoms with E-state index in [0.717, 1.165) is 12.1 Å². The van der Waals surface area contributed by atoms with Gasteiger partial charge in [0.05, 0.1) is 6.04 Å². The second-order valence-electron chi connectivity index (χ2n) is 5.69. The molecule has 23 heavy (non-hydrogen) atoms. The van der Waals surface area contributed by atoms with Crippen LogP contribution in [0.25, 0.3) is 22.2 Å². The van der Waals surface area contributed by atoms with Crippen molar-refractivity contribution in [1.82, 2.24) is 4.57 Å². The number of hydrogen-bond donors (Lipinski definition) is 0. The van der Waals surface area contributed by atoms with Gasteiger partial charge in [-0.1, -0.05) is 55.5 Å². The zero-order valence-corrected chi connectivity index (χ0v) is 13.5. The first kappa shape index (κ1) is 15.3. The van der Waals surface area contributed by atoms with E-state index >= 15 is 0 Å². The number of carbonyl (C=O) groups excluding carboxylic acids is 1. The largest absolute Gasteiger partial charge is 0.464 e. The maximum atomic E-state index is 11.2. The van der Waals surface area contributed by atoms with Crippen LogP contribution in [-0.2, 0) is 9.53 Å². The number of fused-ring (bicyclic) bond motifs is 1. The molecule has 0 saturated carbocycles. The Bertz CT molecular complexity index is 805.